The molecule has 6 heteroatoms. The molecule has 1 aliphatic rings. The molecule has 0 aromatic carbocycles. The molecule has 1 saturated heterocycles. The van der Waals surface area contributed by atoms with Gasteiger partial charge in [0.25, 0.3) is 0 Å². The van der Waals surface area contributed by atoms with Crippen LogP contribution in [0.3, 0.4) is 0 Å². The Morgan fingerprint density at radius 1 is 1.18 bits per heavy atom. The Hall–Kier alpha value is -1.59. The topological polar surface area (TPSA) is 69.7 Å². The molecule has 0 aromatic rings. The molecule has 1 rings (SSSR count). The number of hydrogen-bond acceptors (Lipinski definition) is 3. The minimum atomic E-state index is -0.760. The van der Waals surface area contributed by atoms with Gasteiger partial charge in [0.05, 0.1) is 6.42 Å². The molecule has 0 aliphatic carbocycles. The Morgan fingerprint density at radius 2 is 1.73 bits per heavy atom. The van der Waals surface area contributed by atoms with E-state index in [2.05, 4.69) is 12.2 Å². The highest BCUT2D eigenvalue weighted by molar-refractivity contribution is 5.91. The molecular formula is C16H29N3O3. The van der Waals surface area contributed by atoms with Crippen molar-refractivity contribution in [1.82, 2.24) is 15.1 Å². The molecule has 22 heavy (non-hydrogen) atoms. The molecule has 0 spiro atoms. The highest BCUT2D eigenvalue weighted by atomic mass is 16.2. The first kappa shape index (κ1) is 18.5. The molecule has 1 atom stereocenters. The summed E-state index contributed by atoms with van der Waals surface area (Å²) in [5, 5.41) is 2.63. The lowest BCUT2D eigenvalue weighted by Crippen LogP contribution is -2.51. The number of rotatable bonds is 6. The fourth-order valence-corrected chi connectivity index (χ4v) is 2.76. The lowest BCUT2D eigenvalue weighted by Gasteiger charge is -2.32. The van der Waals surface area contributed by atoms with Crippen LogP contribution in [-0.4, -0.2) is 59.7 Å². The predicted molar refractivity (Wildman–Crippen MR) is 85.1 cm³/mol. The van der Waals surface area contributed by atoms with Gasteiger partial charge in [0.2, 0.25) is 17.7 Å². The van der Waals surface area contributed by atoms with E-state index in [1.165, 1.54) is 6.92 Å². The first-order chi connectivity index (χ1) is 10.4. The van der Waals surface area contributed by atoms with E-state index in [1.807, 2.05) is 18.7 Å². The lowest BCUT2D eigenvalue weighted by atomic mass is 9.98. The van der Waals surface area contributed by atoms with Crippen molar-refractivity contribution in [3.05, 3.63) is 0 Å². The number of nitrogens with zero attached hydrogens (tertiary/aromatic N) is 2. The second-order valence-corrected chi connectivity index (χ2v) is 6.03. The van der Waals surface area contributed by atoms with Crippen LogP contribution in [0.4, 0.5) is 0 Å². The van der Waals surface area contributed by atoms with Gasteiger partial charge in [0.1, 0.15) is 6.04 Å². The highest BCUT2D eigenvalue weighted by Crippen LogP contribution is 2.17. The largest absolute Gasteiger partial charge is 0.344 e. The van der Waals surface area contributed by atoms with E-state index in [4.69, 9.17) is 0 Å². The zero-order valence-corrected chi connectivity index (χ0v) is 14.2. The molecule has 126 valence electrons. The molecule has 0 saturated carbocycles. The van der Waals surface area contributed by atoms with Gasteiger partial charge < -0.3 is 15.1 Å². The summed E-state index contributed by atoms with van der Waals surface area (Å²) in [7, 11) is 0. The van der Waals surface area contributed by atoms with Crippen LogP contribution in [0, 0.1) is 5.92 Å². The van der Waals surface area contributed by atoms with Crippen molar-refractivity contribution in [2.24, 2.45) is 5.92 Å². The number of piperidine rings is 1. The Balaban J connectivity index is 2.69. The summed E-state index contributed by atoms with van der Waals surface area (Å²) in [5.74, 6) is 0.128. The van der Waals surface area contributed by atoms with Gasteiger partial charge in [0.15, 0.2) is 0 Å². The maximum absolute atomic E-state index is 12.5. The number of amides is 3. The van der Waals surface area contributed by atoms with Crippen molar-refractivity contribution in [3.8, 4) is 0 Å². The van der Waals surface area contributed by atoms with E-state index in [1.54, 1.807) is 4.90 Å². The average Bonchev–Trinajstić information content (AvgIpc) is 2.47. The van der Waals surface area contributed by atoms with Gasteiger partial charge in [-0.25, -0.2) is 0 Å². The lowest BCUT2D eigenvalue weighted by molar-refractivity contribution is -0.141. The van der Waals surface area contributed by atoms with E-state index >= 15 is 0 Å². The third kappa shape index (κ3) is 5.31. The number of likely N-dealkylation sites (tertiary alicyclic amines) is 1. The summed E-state index contributed by atoms with van der Waals surface area (Å²) in [5.41, 5.74) is 0. The van der Waals surface area contributed by atoms with E-state index in [0.29, 0.717) is 19.0 Å². The summed E-state index contributed by atoms with van der Waals surface area (Å²) in [6.45, 7) is 9.96. The minimum Gasteiger partial charge on any atom is -0.344 e. The van der Waals surface area contributed by atoms with Crippen molar-refractivity contribution in [3.63, 3.8) is 0 Å². The smallest absolute Gasteiger partial charge is 0.245 e. The summed E-state index contributed by atoms with van der Waals surface area (Å²) in [6, 6.07) is -0.760. The molecular weight excluding hydrogens is 282 g/mol. The molecule has 1 N–H and O–H groups in total. The van der Waals surface area contributed by atoms with Crippen molar-refractivity contribution in [2.45, 2.75) is 53.0 Å². The van der Waals surface area contributed by atoms with Crippen molar-refractivity contribution in [2.75, 3.05) is 26.2 Å². The molecule has 0 unspecified atom stereocenters. The van der Waals surface area contributed by atoms with Crippen LogP contribution >= 0.6 is 0 Å². The van der Waals surface area contributed by atoms with Gasteiger partial charge in [0, 0.05) is 33.1 Å². The van der Waals surface area contributed by atoms with Gasteiger partial charge in [-0.1, -0.05) is 6.92 Å². The number of carbonyl (C=O) groups excluding carboxylic acids is 3. The first-order valence-electron chi connectivity index (χ1n) is 8.22. The van der Waals surface area contributed by atoms with Crippen LogP contribution in [0.15, 0.2) is 0 Å². The molecule has 0 bridgehead atoms. The zero-order valence-electron chi connectivity index (χ0n) is 14.2. The highest BCUT2D eigenvalue weighted by Gasteiger charge is 2.29. The molecule has 1 aliphatic heterocycles. The number of likely N-dealkylation sites (N-methyl/N-ethyl adjacent to an activating group) is 1. The summed E-state index contributed by atoms with van der Waals surface area (Å²) < 4.78 is 0. The number of hydrogen-bond donors (Lipinski definition) is 1. The van der Waals surface area contributed by atoms with E-state index in [-0.39, 0.29) is 24.1 Å². The Labute approximate surface area is 133 Å². The summed E-state index contributed by atoms with van der Waals surface area (Å²) in [4.78, 5) is 39.7. The monoisotopic (exact) mass is 311 g/mol. The van der Waals surface area contributed by atoms with E-state index < -0.39 is 6.04 Å². The average molecular weight is 311 g/mol. The van der Waals surface area contributed by atoms with Gasteiger partial charge in [-0.15, -0.1) is 0 Å². The maximum Gasteiger partial charge on any atom is 0.245 e. The maximum atomic E-state index is 12.5. The van der Waals surface area contributed by atoms with Crippen LogP contribution in [0.2, 0.25) is 0 Å². The fourth-order valence-electron chi connectivity index (χ4n) is 2.76. The van der Waals surface area contributed by atoms with Crippen LogP contribution in [0.25, 0.3) is 0 Å². The summed E-state index contributed by atoms with van der Waals surface area (Å²) >= 11 is 0. The molecule has 0 aromatic heterocycles. The molecule has 0 radical (unpaired) electrons. The third-order valence-corrected chi connectivity index (χ3v) is 4.27. The molecule has 6 nitrogen and oxygen atoms in total. The Bertz CT molecular complexity index is 399. The van der Waals surface area contributed by atoms with Crippen LogP contribution in [-0.2, 0) is 14.4 Å². The van der Waals surface area contributed by atoms with Crippen LogP contribution < -0.4 is 5.32 Å². The van der Waals surface area contributed by atoms with Crippen molar-refractivity contribution < 1.29 is 14.4 Å². The fraction of sp³-hybridized carbons (Fsp3) is 0.812. The number of carbonyl (C=O) groups is 3. The minimum absolute atomic E-state index is 0.0449. The number of nitrogens with one attached hydrogen (secondary N) is 1. The first-order valence-corrected chi connectivity index (χ1v) is 8.22. The Morgan fingerprint density at radius 3 is 2.18 bits per heavy atom. The van der Waals surface area contributed by atoms with Crippen molar-refractivity contribution >= 4 is 17.7 Å². The SMILES string of the molecule is CCN(CC)C(=O)[C@H](CC(=O)N1CCC(C)CC1)NC(C)=O. The van der Waals surface area contributed by atoms with Gasteiger partial charge in [-0.05, 0) is 32.6 Å². The van der Waals surface area contributed by atoms with Crippen LogP contribution in [0.5, 0.6) is 0 Å². The molecule has 1 fully saturated rings. The van der Waals surface area contributed by atoms with E-state index in [0.717, 1.165) is 25.9 Å². The third-order valence-electron chi connectivity index (χ3n) is 4.27. The van der Waals surface area contributed by atoms with Gasteiger partial charge in [-0.2, -0.15) is 0 Å². The van der Waals surface area contributed by atoms with E-state index in [9.17, 15) is 14.4 Å². The van der Waals surface area contributed by atoms with Gasteiger partial charge >= 0.3 is 0 Å². The van der Waals surface area contributed by atoms with Crippen LogP contribution in [0.1, 0.15) is 47.0 Å². The van der Waals surface area contributed by atoms with Gasteiger partial charge in [-0.3, -0.25) is 14.4 Å². The Kier molecular flexibility index (Phi) is 7.35. The predicted octanol–water partition coefficient (Wildman–Crippen LogP) is 1.01. The standard InChI is InChI=1S/C16H29N3O3/c1-5-18(6-2)16(22)14(17-13(4)20)11-15(21)19-9-7-12(3)8-10-19/h12,14H,5-11H2,1-4H3,(H,17,20)/t14-/m0/s1. The van der Waals surface area contributed by atoms with Crippen molar-refractivity contribution in [1.29, 1.82) is 0 Å². The quantitative estimate of drug-likeness (QED) is 0.796. The summed E-state index contributed by atoms with van der Waals surface area (Å²) in [6.07, 6.45) is 2.05. The second kappa shape index (κ2) is 8.76. The molecule has 1 heterocycles. The molecule has 3 amide bonds. The normalized spacial score (nSPS) is 17.0. The zero-order chi connectivity index (χ0) is 16.7. The second-order valence-electron chi connectivity index (χ2n) is 6.03.